The molecule has 0 unspecified atom stereocenters. The summed E-state index contributed by atoms with van der Waals surface area (Å²) in [6.45, 7) is 0.217. The van der Waals surface area contributed by atoms with E-state index in [1.165, 1.54) is 6.08 Å². The lowest BCUT2D eigenvalue weighted by Crippen LogP contribution is -2.37. The number of benzene rings is 1. The zero-order valence-corrected chi connectivity index (χ0v) is 16.0. The number of nitrogens with one attached hydrogen (secondary N) is 1. The SMILES string of the molecule is O=C1C(Nc2ccc(I)cc2)=CC(=O)c2c1nc1n2[C@H]2OC[C@@H](O)[C@H]2OC1. The summed E-state index contributed by atoms with van der Waals surface area (Å²) < 4.78 is 13.9. The number of fused-ring (bicyclic) bond motifs is 5. The Kier molecular flexibility index (Phi) is 3.93. The Morgan fingerprint density at radius 2 is 2.00 bits per heavy atom. The number of hydrogen-bond acceptors (Lipinski definition) is 7. The highest BCUT2D eigenvalue weighted by Gasteiger charge is 2.46. The Morgan fingerprint density at radius 1 is 1.22 bits per heavy atom. The van der Waals surface area contributed by atoms with Gasteiger partial charge in [-0.15, -0.1) is 0 Å². The second-order valence-corrected chi connectivity index (χ2v) is 7.79. The second kappa shape index (κ2) is 6.23. The molecule has 0 bridgehead atoms. The van der Waals surface area contributed by atoms with Gasteiger partial charge in [0.1, 0.15) is 36.0 Å². The predicted molar refractivity (Wildman–Crippen MR) is 101 cm³/mol. The third-order valence-electron chi connectivity index (χ3n) is 4.83. The van der Waals surface area contributed by atoms with Crippen LogP contribution in [0.3, 0.4) is 0 Å². The molecule has 3 heterocycles. The Bertz CT molecular complexity index is 997. The van der Waals surface area contributed by atoms with E-state index in [2.05, 4.69) is 32.9 Å². The van der Waals surface area contributed by atoms with Crippen molar-refractivity contribution in [2.75, 3.05) is 11.9 Å². The van der Waals surface area contributed by atoms with Crippen LogP contribution in [0.2, 0.25) is 0 Å². The minimum atomic E-state index is -0.774. The normalized spacial score (nSPS) is 26.3. The molecule has 1 aromatic heterocycles. The number of carbonyl (C=O) groups excluding carboxylic acids is 2. The molecule has 0 radical (unpaired) electrons. The molecule has 2 aromatic rings. The number of halogens is 1. The van der Waals surface area contributed by atoms with Gasteiger partial charge in [-0.2, -0.15) is 0 Å². The fourth-order valence-electron chi connectivity index (χ4n) is 3.59. The molecule has 27 heavy (non-hydrogen) atoms. The van der Waals surface area contributed by atoms with E-state index < -0.39 is 18.4 Å². The largest absolute Gasteiger partial charge is 0.388 e. The lowest BCUT2D eigenvalue weighted by molar-refractivity contribution is -0.0992. The molecule has 9 heteroatoms. The number of anilines is 1. The number of aliphatic hydroxyl groups is 1. The maximum atomic E-state index is 12.9. The van der Waals surface area contributed by atoms with Crippen molar-refractivity contribution in [3.63, 3.8) is 0 Å². The standard InChI is InChI=1S/C18H14IN3O5/c19-8-1-3-9(4-2-8)20-10-5-11(23)15-14(16(10)25)21-13-7-26-17-12(24)6-27-18(17)22(13)15/h1-5,12,17-18,20,24H,6-7H2/t12-,17-,18+/m1/s1. The van der Waals surface area contributed by atoms with Crippen molar-refractivity contribution in [3.8, 4) is 0 Å². The summed E-state index contributed by atoms with van der Waals surface area (Å²) in [6, 6.07) is 7.47. The number of allylic oxidation sites excluding steroid dienone is 2. The number of ether oxygens (including phenoxy) is 2. The first-order valence-corrected chi connectivity index (χ1v) is 9.46. The molecule has 0 amide bonds. The fraction of sp³-hybridized carbons (Fsp3) is 0.278. The zero-order valence-electron chi connectivity index (χ0n) is 13.9. The van der Waals surface area contributed by atoms with E-state index in [1.54, 1.807) is 4.57 Å². The van der Waals surface area contributed by atoms with Crippen LogP contribution in [0.15, 0.2) is 36.0 Å². The topological polar surface area (TPSA) is 103 Å². The molecule has 0 saturated carbocycles. The van der Waals surface area contributed by atoms with Gasteiger partial charge in [0, 0.05) is 15.3 Å². The Hall–Kier alpha value is -2.08. The second-order valence-electron chi connectivity index (χ2n) is 6.55. The van der Waals surface area contributed by atoms with E-state index in [0.29, 0.717) is 11.5 Å². The molecule has 2 aliphatic heterocycles. The first-order chi connectivity index (χ1) is 13.0. The maximum absolute atomic E-state index is 12.9. The highest BCUT2D eigenvalue weighted by Crippen LogP contribution is 2.37. The monoisotopic (exact) mass is 479 g/mol. The van der Waals surface area contributed by atoms with Crippen LogP contribution >= 0.6 is 22.6 Å². The van der Waals surface area contributed by atoms with Crippen molar-refractivity contribution in [3.05, 3.63) is 56.8 Å². The summed E-state index contributed by atoms with van der Waals surface area (Å²) in [6.07, 6.45) is -0.720. The van der Waals surface area contributed by atoms with Crippen LogP contribution < -0.4 is 5.32 Å². The minimum absolute atomic E-state index is 0.0831. The maximum Gasteiger partial charge on any atom is 0.230 e. The molecule has 3 atom stereocenters. The van der Waals surface area contributed by atoms with Gasteiger partial charge in [-0.3, -0.25) is 14.2 Å². The van der Waals surface area contributed by atoms with Crippen LogP contribution in [0.4, 0.5) is 5.69 Å². The van der Waals surface area contributed by atoms with E-state index in [1.807, 2.05) is 24.3 Å². The molecule has 8 nitrogen and oxygen atoms in total. The number of carbonyl (C=O) groups is 2. The molecule has 1 aliphatic carbocycles. The molecule has 1 aromatic carbocycles. The first kappa shape index (κ1) is 17.0. The minimum Gasteiger partial charge on any atom is -0.388 e. The van der Waals surface area contributed by atoms with Gasteiger partial charge in [0.2, 0.25) is 11.6 Å². The number of aromatic nitrogens is 2. The van der Waals surface area contributed by atoms with Crippen LogP contribution in [0.25, 0.3) is 0 Å². The Morgan fingerprint density at radius 3 is 2.78 bits per heavy atom. The van der Waals surface area contributed by atoms with Gasteiger partial charge in [-0.05, 0) is 46.9 Å². The smallest absolute Gasteiger partial charge is 0.230 e. The number of nitrogens with zero attached hydrogens (tertiary/aromatic N) is 2. The van der Waals surface area contributed by atoms with Crippen molar-refractivity contribution in [2.45, 2.75) is 25.0 Å². The van der Waals surface area contributed by atoms with Crippen LogP contribution in [0.1, 0.15) is 33.0 Å². The predicted octanol–water partition coefficient (Wildman–Crippen LogP) is 1.65. The zero-order chi connectivity index (χ0) is 18.7. The highest BCUT2D eigenvalue weighted by molar-refractivity contribution is 14.1. The lowest BCUT2D eigenvalue weighted by Gasteiger charge is -2.29. The van der Waals surface area contributed by atoms with Crippen LogP contribution in [-0.4, -0.2) is 45.0 Å². The van der Waals surface area contributed by atoms with Gasteiger partial charge in [-0.25, -0.2) is 4.98 Å². The first-order valence-electron chi connectivity index (χ1n) is 8.38. The lowest BCUT2D eigenvalue weighted by atomic mass is 10.0. The number of hydrogen-bond donors (Lipinski definition) is 2. The van der Waals surface area contributed by atoms with E-state index in [9.17, 15) is 14.7 Å². The van der Waals surface area contributed by atoms with Gasteiger partial charge < -0.3 is 19.9 Å². The van der Waals surface area contributed by atoms with Crippen LogP contribution in [0, 0.1) is 3.57 Å². The summed E-state index contributed by atoms with van der Waals surface area (Å²) in [4.78, 5) is 30.1. The summed E-state index contributed by atoms with van der Waals surface area (Å²) in [5.74, 6) is -0.247. The van der Waals surface area contributed by atoms with Gasteiger partial charge in [0.15, 0.2) is 6.23 Å². The molecular formula is C18H14IN3O5. The van der Waals surface area contributed by atoms with Gasteiger partial charge >= 0.3 is 0 Å². The average Bonchev–Trinajstić information content (AvgIpc) is 3.22. The van der Waals surface area contributed by atoms with Gasteiger partial charge in [-0.1, -0.05) is 0 Å². The number of ketones is 2. The summed E-state index contributed by atoms with van der Waals surface area (Å²) in [7, 11) is 0. The molecule has 5 rings (SSSR count). The molecule has 2 N–H and O–H groups in total. The number of imidazole rings is 1. The third-order valence-corrected chi connectivity index (χ3v) is 5.55. The molecule has 138 valence electrons. The van der Waals surface area contributed by atoms with Gasteiger partial charge in [0.05, 0.1) is 12.3 Å². The average molecular weight is 479 g/mol. The number of Topliss-reactive ketones (excluding diaryl/α,β-unsaturated/α-hetero) is 1. The van der Waals surface area contributed by atoms with Crippen molar-refractivity contribution >= 4 is 39.8 Å². The van der Waals surface area contributed by atoms with Crippen LogP contribution in [-0.2, 0) is 16.1 Å². The fourth-order valence-corrected chi connectivity index (χ4v) is 3.94. The van der Waals surface area contributed by atoms with Crippen LogP contribution in [0.5, 0.6) is 0 Å². The summed E-state index contributed by atoms with van der Waals surface area (Å²) >= 11 is 2.19. The third kappa shape index (κ3) is 2.64. The van der Waals surface area contributed by atoms with E-state index in [4.69, 9.17) is 9.47 Å². The Balaban J connectivity index is 1.52. The van der Waals surface area contributed by atoms with E-state index >= 15 is 0 Å². The summed E-state index contributed by atoms with van der Waals surface area (Å²) in [5.41, 5.74) is 1.16. The Labute approximate surface area is 167 Å². The molecule has 1 fully saturated rings. The van der Waals surface area contributed by atoms with E-state index in [0.717, 1.165) is 3.57 Å². The highest BCUT2D eigenvalue weighted by atomic mass is 127. The molecule has 0 spiro atoms. The molecular weight excluding hydrogens is 465 g/mol. The van der Waals surface area contributed by atoms with E-state index in [-0.39, 0.29) is 41.9 Å². The van der Waals surface area contributed by atoms with Crippen molar-refractivity contribution in [1.29, 1.82) is 0 Å². The van der Waals surface area contributed by atoms with Gasteiger partial charge in [0.25, 0.3) is 0 Å². The number of rotatable bonds is 2. The summed E-state index contributed by atoms with van der Waals surface area (Å²) in [5, 5.41) is 13.0. The molecule has 1 saturated heterocycles. The quantitative estimate of drug-likeness (QED) is 0.632. The van der Waals surface area contributed by atoms with Crippen molar-refractivity contribution < 1.29 is 24.2 Å². The molecule has 3 aliphatic rings. The van der Waals surface area contributed by atoms with Crippen molar-refractivity contribution in [1.82, 2.24) is 9.55 Å². The van der Waals surface area contributed by atoms with Crippen molar-refractivity contribution in [2.24, 2.45) is 0 Å². The number of aliphatic hydroxyl groups excluding tert-OH is 1.